The van der Waals surface area contributed by atoms with Crippen LogP contribution in [0.1, 0.15) is 46.0 Å². The number of fused-ring (bicyclic) bond motifs is 5. The zero-order chi connectivity index (χ0) is 24.0. The molecule has 0 fully saturated rings. The molecule has 1 aliphatic rings. The van der Waals surface area contributed by atoms with E-state index in [0.29, 0.717) is 23.3 Å². The number of H-pyrrole nitrogens is 1. The third-order valence-corrected chi connectivity index (χ3v) is 6.68. The van der Waals surface area contributed by atoms with Crippen LogP contribution < -0.4 is 4.74 Å². The number of ether oxygens (including phenoxy) is 2. The molecule has 1 aliphatic carbocycles. The van der Waals surface area contributed by atoms with Gasteiger partial charge in [-0.05, 0) is 85.2 Å². The van der Waals surface area contributed by atoms with Crippen molar-refractivity contribution in [3.8, 4) is 28.1 Å². The first-order chi connectivity index (χ1) is 16.4. The number of rotatable bonds is 5. The summed E-state index contributed by atoms with van der Waals surface area (Å²) in [7, 11) is 1.38. The summed E-state index contributed by atoms with van der Waals surface area (Å²) in [5.74, 6) is 0.281. The Hall–Kier alpha value is -3.60. The molecule has 0 spiro atoms. The molecule has 1 N–H and O–H groups in total. The minimum atomic E-state index is -0.349. The molecule has 4 aromatic rings. The molecule has 5 rings (SSSR count). The molecule has 0 atom stereocenters. The van der Waals surface area contributed by atoms with Crippen LogP contribution in [0, 0.1) is 19.7 Å². The van der Waals surface area contributed by atoms with Gasteiger partial charge in [0, 0.05) is 16.5 Å². The predicted molar refractivity (Wildman–Crippen MR) is 133 cm³/mol. The molecule has 174 valence electrons. The van der Waals surface area contributed by atoms with Gasteiger partial charge in [0.1, 0.15) is 5.75 Å². The molecule has 0 amide bonds. The van der Waals surface area contributed by atoms with Crippen LogP contribution in [0.3, 0.4) is 0 Å². The fraction of sp³-hybridized carbons (Fsp3) is 0.276. The molecular weight excluding hydrogens is 429 g/mol. The fourth-order valence-electron chi connectivity index (χ4n) is 5.08. The van der Waals surface area contributed by atoms with Crippen molar-refractivity contribution in [1.82, 2.24) is 4.98 Å². The third kappa shape index (κ3) is 3.56. The minimum Gasteiger partial charge on any atom is -0.493 e. The normalized spacial score (nSPS) is 12.4. The molecule has 0 unspecified atom stereocenters. The standard InChI is InChI=1S/C29H28FNO3/c1-5-12-34-28-16(2)13-20(14-17(28)3)21-10-11-24-23-9-6-18-15-19(29(32)33-4)7-8-22(18)26(23)31-27(24)25(21)30/h7-8,10-11,13-15,31H,5-6,9,12H2,1-4H3. The van der Waals surface area contributed by atoms with Gasteiger partial charge in [-0.2, -0.15) is 0 Å². The highest BCUT2D eigenvalue weighted by atomic mass is 19.1. The maximum atomic E-state index is 15.9. The maximum Gasteiger partial charge on any atom is 0.337 e. The van der Waals surface area contributed by atoms with Crippen LogP contribution in [0.5, 0.6) is 5.75 Å². The lowest BCUT2D eigenvalue weighted by molar-refractivity contribution is 0.0600. The van der Waals surface area contributed by atoms with Crippen molar-refractivity contribution >= 4 is 16.9 Å². The monoisotopic (exact) mass is 457 g/mol. The van der Waals surface area contributed by atoms with Gasteiger partial charge in [-0.25, -0.2) is 9.18 Å². The number of halogens is 1. The minimum absolute atomic E-state index is 0.249. The van der Waals surface area contributed by atoms with E-state index in [1.54, 1.807) is 6.07 Å². The Kier molecular flexibility index (Phi) is 5.64. The SMILES string of the molecule is CCCOc1c(C)cc(-c2ccc3c4c([nH]c3c2F)-c2ccc(C(=O)OC)cc2CC4)cc1C. The number of aryl methyl sites for hydroxylation is 4. The first kappa shape index (κ1) is 22.2. The second-order valence-electron chi connectivity index (χ2n) is 8.98. The van der Waals surface area contributed by atoms with Crippen LogP contribution in [0.15, 0.2) is 42.5 Å². The molecule has 1 aromatic heterocycles. The molecule has 0 saturated heterocycles. The van der Waals surface area contributed by atoms with Gasteiger partial charge < -0.3 is 14.5 Å². The van der Waals surface area contributed by atoms with E-state index < -0.39 is 0 Å². The zero-order valence-electron chi connectivity index (χ0n) is 20.0. The largest absolute Gasteiger partial charge is 0.493 e. The summed E-state index contributed by atoms with van der Waals surface area (Å²) in [5, 5.41) is 0.912. The van der Waals surface area contributed by atoms with Crippen molar-refractivity contribution in [2.75, 3.05) is 13.7 Å². The van der Waals surface area contributed by atoms with E-state index in [-0.39, 0.29) is 11.8 Å². The number of hydrogen-bond donors (Lipinski definition) is 1. The highest BCUT2D eigenvalue weighted by Crippen LogP contribution is 2.41. The molecule has 5 heteroatoms. The molecular formula is C29H28FNO3. The van der Waals surface area contributed by atoms with E-state index in [9.17, 15) is 4.79 Å². The number of hydrogen-bond acceptors (Lipinski definition) is 3. The van der Waals surface area contributed by atoms with Gasteiger partial charge in [-0.1, -0.05) is 25.1 Å². The average Bonchev–Trinajstić information content (AvgIpc) is 3.23. The Balaban J connectivity index is 1.60. The summed E-state index contributed by atoms with van der Waals surface area (Å²) in [6, 6.07) is 13.5. The van der Waals surface area contributed by atoms with Crippen LogP contribution in [0.2, 0.25) is 0 Å². The predicted octanol–water partition coefficient (Wildman–Crippen LogP) is 6.93. The Morgan fingerprint density at radius 3 is 2.47 bits per heavy atom. The lowest BCUT2D eigenvalue weighted by atomic mass is 9.87. The molecule has 1 heterocycles. The number of methoxy groups -OCH3 is 1. The summed E-state index contributed by atoms with van der Waals surface area (Å²) in [5.41, 5.74) is 8.60. The van der Waals surface area contributed by atoms with Crippen molar-refractivity contribution in [2.45, 2.75) is 40.0 Å². The van der Waals surface area contributed by atoms with Crippen molar-refractivity contribution in [2.24, 2.45) is 0 Å². The molecule has 0 radical (unpaired) electrons. The van der Waals surface area contributed by atoms with Crippen molar-refractivity contribution < 1.29 is 18.7 Å². The number of esters is 1. The average molecular weight is 458 g/mol. The molecule has 0 aliphatic heterocycles. The molecule has 34 heavy (non-hydrogen) atoms. The Morgan fingerprint density at radius 2 is 1.76 bits per heavy atom. The third-order valence-electron chi connectivity index (χ3n) is 6.68. The van der Waals surface area contributed by atoms with E-state index in [0.717, 1.165) is 69.5 Å². The fourth-order valence-corrected chi connectivity index (χ4v) is 5.08. The highest BCUT2D eigenvalue weighted by molar-refractivity contribution is 5.96. The van der Waals surface area contributed by atoms with Gasteiger partial charge >= 0.3 is 5.97 Å². The van der Waals surface area contributed by atoms with E-state index in [1.165, 1.54) is 7.11 Å². The van der Waals surface area contributed by atoms with Crippen molar-refractivity contribution in [3.63, 3.8) is 0 Å². The van der Waals surface area contributed by atoms with Crippen molar-refractivity contribution in [3.05, 3.63) is 76.1 Å². The first-order valence-electron chi connectivity index (χ1n) is 11.7. The summed E-state index contributed by atoms with van der Waals surface area (Å²) in [6.07, 6.45) is 2.52. The second kappa shape index (κ2) is 8.64. The van der Waals surface area contributed by atoms with Gasteiger partial charge in [0.15, 0.2) is 5.82 Å². The maximum absolute atomic E-state index is 15.9. The molecule has 3 aromatic carbocycles. The quantitative estimate of drug-likeness (QED) is 0.331. The van der Waals surface area contributed by atoms with E-state index in [2.05, 4.69) is 11.9 Å². The van der Waals surface area contributed by atoms with Crippen LogP contribution in [0.4, 0.5) is 4.39 Å². The molecule has 0 bridgehead atoms. The number of aromatic amines is 1. The van der Waals surface area contributed by atoms with Crippen LogP contribution >= 0.6 is 0 Å². The smallest absolute Gasteiger partial charge is 0.337 e. The van der Waals surface area contributed by atoms with Gasteiger partial charge in [0.25, 0.3) is 0 Å². The van der Waals surface area contributed by atoms with Gasteiger partial charge in [-0.15, -0.1) is 0 Å². The van der Waals surface area contributed by atoms with Crippen LogP contribution in [0.25, 0.3) is 33.3 Å². The lowest BCUT2D eigenvalue weighted by Gasteiger charge is -2.17. The Labute approximate surface area is 198 Å². The lowest BCUT2D eigenvalue weighted by Crippen LogP contribution is -2.07. The van der Waals surface area contributed by atoms with Gasteiger partial charge in [-0.3, -0.25) is 0 Å². The number of carbonyl (C=O) groups is 1. The first-order valence-corrected chi connectivity index (χ1v) is 11.7. The Morgan fingerprint density at radius 1 is 1.03 bits per heavy atom. The highest BCUT2D eigenvalue weighted by Gasteiger charge is 2.24. The molecule has 4 nitrogen and oxygen atoms in total. The number of benzene rings is 3. The summed E-state index contributed by atoms with van der Waals surface area (Å²) in [4.78, 5) is 15.3. The Bertz CT molecular complexity index is 1410. The number of nitrogens with one attached hydrogen (secondary N) is 1. The number of aromatic nitrogens is 1. The van der Waals surface area contributed by atoms with E-state index in [1.807, 2.05) is 50.2 Å². The topological polar surface area (TPSA) is 51.3 Å². The van der Waals surface area contributed by atoms with E-state index >= 15 is 4.39 Å². The summed E-state index contributed by atoms with van der Waals surface area (Å²) < 4.78 is 26.6. The number of carbonyl (C=O) groups excluding carboxylic acids is 1. The summed E-state index contributed by atoms with van der Waals surface area (Å²) in [6.45, 7) is 6.75. The summed E-state index contributed by atoms with van der Waals surface area (Å²) >= 11 is 0. The van der Waals surface area contributed by atoms with Crippen LogP contribution in [-0.2, 0) is 17.6 Å². The molecule has 0 saturated carbocycles. The van der Waals surface area contributed by atoms with E-state index in [4.69, 9.17) is 9.47 Å². The zero-order valence-corrected chi connectivity index (χ0v) is 20.0. The van der Waals surface area contributed by atoms with Gasteiger partial charge in [0.2, 0.25) is 0 Å². The van der Waals surface area contributed by atoms with Crippen molar-refractivity contribution in [1.29, 1.82) is 0 Å². The van der Waals surface area contributed by atoms with Gasteiger partial charge in [0.05, 0.1) is 30.5 Å². The van der Waals surface area contributed by atoms with Crippen LogP contribution in [-0.4, -0.2) is 24.7 Å². The second-order valence-corrected chi connectivity index (χ2v) is 8.98.